The Morgan fingerprint density at radius 2 is 1.50 bits per heavy atom. The minimum Gasteiger partial charge on any atom is -0.352 e. The quantitative estimate of drug-likeness (QED) is 0.0880. The lowest BCUT2D eigenvalue weighted by Crippen LogP contribution is -2.54. The standard InChI is InChI=1S/C47H66N4O5/c1-29(2)49-44(54)40(15-10-9-14-39-32(5)42(52)30(3)31(4)43(39)53)50-45(55)41-16-11-21-51(41)46(56)37(25-33-12-7-6-8-13-33)17-18-38(48)19-20-47-26-34-22-35(27-47)24-36(23-34)28-47/h6-8,12-13,17-18,29,34-38,40-41H,9-11,14-16,19-28,48H2,1-5H3,(H,49,54)(H,50,55)/b18-17+/t34?,35?,36?,37-,38-,40+,41+,47?/m1/s1. The van der Waals surface area contributed by atoms with Gasteiger partial charge in [0, 0.05) is 40.9 Å². The number of Topliss-reactive ketones (excluding diaryl/α,β-unsaturated/α-hetero) is 2. The van der Waals surface area contributed by atoms with E-state index in [0.717, 1.165) is 36.2 Å². The van der Waals surface area contributed by atoms with Crippen molar-refractivity contribution in [2.24, 2.45) is 34.8 Å². The third-order valence-corrected chi connectivity index (χ3v) is 13.8. The SMILES string of the molecule is CC1=C(C)C(=O)C(CCCC[C@H](NC(=O)[C@@H]2CCCN2C(=O)[C@H](/C=C/[C@@H](N)CCC23CC4CC(CC(C4)C2)C3)Cc2ccccc2)C(=O)NC(C)C)=C(C)C1=O. The number of nitrogens with one attached hydrogen (secondary N) is 2. The number of nitrogens with zero attached hydrogens (tertiary/aromatic N) is 1. The summed E-state index contributed by atoms with van der Waals surface area (Å²) in [6.45, 7) is 9.32. The van der Waals surface area contributed by atoms with Crippen LogP contribution in [-0.2, 0) is 30.4 Å². The topological polar surface area (TPSA) is 139 Å². The van der Waals surface area contributed by atoms with E-state index < -0.39 is 18.0 Å². The van der Waals surface area contributed by atoms with Gasteiger partial charge in [-0.05, 0) is 153 Å². The van der Waals surface area contributed by atoms with Gasteiger partial charge in [0.15, 0.2) is 11.6 Å². The summed E-state index contributed by atoms with van der Waals surface area (Å²) < 4.78 is 0. The Labute approximate surface area is 334 Å². The minimum absolute atomic E-state index is 0.0888. The first-order valence-electron chi connectivity index (χ1n) is 21.6. The van der Waals surface area contributed by atoms with Crippen molar-refractivity contribution in [3.8, 4) is 0 Å². The number of amides is 3. The normalized spacial score (nSPS) is 27.7. The Balaban J connectivity index is 1.09. The van der Waals surface area contributed by atoms with Gasteiger partial charge in [0.25, 0.3) is 0 Å². The number of carbonyl (C=O) groups excluding carboxylic acids is 5. The van der Waals surface area contributed by atoms with E-state index >= 15 is 0 Å². The van der Waals surface area contributed by atoms with Gasteiger partial charge in [0.2, 0.25) is 17.7 Å². The first-order valence-corrected chi connectivity index (χ1v) is 21.6. The number of unbranched alkanes of at least 4 members (excludes halogenated alkanes) is 1. The van der Waals surface area contributed by atoms with E-state index in [0.29, 0.717) is 79.2 Å². The van der Waals surface area contributed by atoms with Crippen LogP contribution in [0.1, 0.15) is 130 Å². The van der Waals surface area contributed by atoms with Crippen LogP contribution >= 0.6 is 0 Å². The molecule has 1 saturated heterocycles. The Morgan fingerprint density at radius 3 is 2.14 bits per heavy atom. The summed E-state index contributed by atoms with van der Waals surface area (Å²) in [7, 11) is 0. The lowest BCUT2D eigenvalue weighted by molar-refractivity contribution is -0.141. The molecule has 0 spiro atoms. The molecular formula is C47H66N4O5. The molecule has 9 nitrogen and oxygen atoms in total. The average Bonchev–Trinajstić information content (AvgIpc) is 3.66. The summed E-state index contributed by atoms with van der Waals surface area (Å²) in [5.74, 6) is 1.39. The summed E-state index contributed by atoms with van der Waals surface area (Å²) in [5.41, 5.74) is 10.3. The lowest BCUT2D eigenvalue weighted by Gasteiger charge is -2.57. The highest BCUT2D eigenvalue weighted by atomic mass is 16.2. The van der Waals surface area contributed by atoms with Gasteiger partial charge >= 0.3 is 0 Å². The molecule has 9 heteroatoms. The Bertz CT molecular complexity index is 1710. The van der Waals surface area contributed by atoms with E-state index in [1.54, 1.807) is 25.7 Å². The molecule has 1 aromatic rings. The molecule has 0 radical (unpaired) electrons. The molecule has 5 fully saturated rings. The van der Waals surface area contributed by atoms with Crippen LogP contribution in [0, 0.1) is 29.1 Å². The van der Waals surface area contributed by atoms with Crippen LogP contribution in [0.15, 0.2) is 64.8 Å². The largest absolute Gasteiger partial charge is 0.352 e. The molecule has 56 heavy (non-hydrogen) atoms. The molecule has 0 unspecified atom stereocenters. The smallest absolute Gasteiger partial charge is 0.243 e. The van der Waals surface area contributed by atoms with Crippen LogP contribution < -0.4 is 16.4 Å². The van der Waals surface area contributed by atoms with Crippen molar-refractivity contribution in [2.75, 3.05) is 6.54 Å². The predicted octanol–water partition coefficient (Wildman–Crippen LogP) is 7.09. The van der Waals surface area contributed by atoms with Crippen molar-refractivity contribution in [1.82, 2.24) is 15.5 Å². The maximum atomic E-state index is 14.4. The summed E-state index contributed by atoms with van der Waals surface area (Å²) in [6, 6.07) is 8.28. The zero-order chi connectivity index (χ0) is 40.1. The number of likely N-dealkylation sites (tertiary alicyclic amines) is 1. The van der Waals surface area contributed by atoms with Gasteiger partial charge < -0.3 is 21.3 Å². The molecule has 4 bridgehead atoms. The highest BCUT2D eigenvalue weighted by Gasteiger charge is 2.50. The van der Waals surface area contributed by atoms with Crippen molar-refractivity contribution in [1.29, 1.82) is 0 Å². The highest BCUT2D eigenvalue weighted by Crippen LogP contribution is 2.61. The Hall–Kier alpha value is -3.85. The molecule has 4 saturated carbocycles. The molecule has 7 rings (SSSR count). The number of rotatable bonds is 17. The second-order valence-corrected chi connectivity index (χ2v) is 18.5. The maximum Gasteiger partial charge on any atom is 0.243 e. The zero-order valence-electron chi connectivity index (χ0n) is 34.5. The first-order chi connectivity index (χ1) is 26.7. The van der Waals surface area contributed by atoms with E-state index in [1.165, 1.54) is 38.5 Å². The maximum absolute atomic E-state index is 14.4. The van der Waals surface area contributed by atoms with E-state index in [2.05, 4.69) is 10.6 Å². The number of hydrogen-bond acceptors (Lipinski definition) is 6. The van der Waals surface area contributed by atoms with E-state index in [-0.39, 0.29) is 41.4 Å². The zero-order valence-corrected chi connectivity index (χ0v) is 34.5. The molecule has 1 aromatic carbocycles. The molecule has 4 N–H and O–H groups in total. The fraction of sp³-hybridized carbons (Fsp3) is 0.638. The monoisotopic (exact) mass is 767 g/mol. The van der Waals surface area contributed by atoms with Crippen molar-refractivity contribution in [3.05, 3.63) is 70.3 Å². The van der Waals surface area contributed by atoms with Crippen molar-refractivity contribution in [2.45, 2.75) is 155 Å². The van der Waals surface area contributed by atoms with Crippen molar-refractivity contribution in [3.63, 3.8) is 0 Å². The highest BCUT2D eigenvalue weighted by molar-refractivity contribution is 6.24. The summed E-state index contributed by atoms with van der Waals surface area (Å²) >= 11 is 0. The first kappa shape index (κ1) is 41.8. The van der Waals surface area contributed by atoms with Gasteiger partial charge in [-0.15, -0.1) is 0 Å². The van der Waals surface area contributed by atoms with Crippen molar-refractivity contribution >= 4 is 29.3 Å². The fourth-order valence-electron chi connectivity index (χ4n) is 11.1. The van der Waals surface area contributed by atoms with Crippen LogP contribution in [0.3, 0.4) is 0 Å². The van der Waals surface area contributed by atoms with Crippen molar-refractivity contribution < 1.29 is 24.0 Å². The molecule has 5 aliphatic carbocycles. The third kappa shape index (κ3) is 9.81. The molecular weight excluding hydrogens is 701 g/mol. The third-order valence-electron chi connectivity index (χ3n) is 13.8. The second-order valence-electron chi connectivity index (χ2n) is 18.5. The second kappa shape index (κ2) is 18.2. The number of carbonyl (C=O) groups is 5. The summed E-state index contributed by atoms with van der Waals surface area (Å²) in [6.07, 6.45) is 18.2. The van der Waals surface area contributed by atoms with Gasteiger partial charge in [-0.25, -0.2) is 0 Å². The van der Waals surface area contributed by atoms with Crippen LogP contribution in [0.5, 0.6) is 0 Å². The molecule has 6 aliphatic rings. The average molecular weight is 767 g/mol. The van der Waals surface area contributed by atoms with Crippen LogP contribution in [-0.4, -0.2) is 64.9 Å². The minimum atomic E-state index is -0.794. The number of ketones is 2. The van der Waals surface area contributed by atoms with E-state index in [1.807, 2.05) is 56.3 Å². The molecule has 304 valence electrons. The molecule has 4 atom stereocenters. The van der Waals surface area contributed by atoms with Gasteiger partial charge in [-0.1, -0.05) is 48.9 Å². The van der Waals surface area contributed by atoms with Gasteiger partial charge in [0.1, 0.15) is 12.1 Å². The number of allylic oxidation sites excluding steroid dienone is 4. The van der Waals surface area contributed by atoms with E-state index in [4.69, 9.17) is 5.73 Å². The van der Waals surface area contributed by atoms with Crippen LogP contribution in [0.25, 0.3) is 0 Å². The number of benzene rings is 1. The van der Waals surface area contributed by atoms with Gasteiger partial charge in [-0.3, -0.25) is 24.0 Å². The summed E-state index contributed by atoms with van der Waals surface area (Å²) in [5, 5.41) is 5.96. The van der Waals surface area contributed by atoms with Crippen LogP contribution in [0.2, 0.25) is 0 Å². The predicted molar refractivity (Wildman–Crippen MR) is 220 cm³/mol. The molecule has 0 aromatic heterocycles. The Morgan fingerprint density at radius 1 is 0.857 bits per heavy atom. The Kier molecular flexibility index (Phi) is 13.6. The van der Waals surface area contributed by atoms with E-state index in [9.17, 15) is 24.0 Å². The fourth-order valence-corrected chi connectivity index (χ4v) is 11.1. The van der Waals surface area contributed by atoms with Crippen LogP contribution in [0.4, 0.5) is 0 Å². The van der Waals surface area contributed by atoms with Gasteiger partial charge in [0.05, 0.1) is 5.92 Å². The molecule has 3 amide bonds. The molecule has 1 aliphatic heterocycles. The summed E-state index contributed by atoms with van der Waals surface area (Å²) in [4.78, 5) is 69.2. The number of nitrogens with two attached hydrogens (primary N) is 1. The molecule has 1 heterocycles. The lowest BCUT2D eigenvalue weighted by atomic mass is 9.48. The number of hydrogen-bond donors (Lipinski definition) is 3. The van der Waals surface area contributed by atoms with Gasteiger partial charge in [-0.2, -0.15) is 0 Å².